The molecule has 3 rings (SSSR count). The Morgan fingerprint density at radius 1 is 1.30 bits per heavy atom. The highest BCUT2D eigenvalue weighted by molar-refractivity contribution is 7.80. The first kappa shape index (κ1) is 13.4. The molecule has 0 aromatic heterocycles. The Hall–Kier alpha value is -1.62. The van der Waals surface area contributed by atoms with E-state index in [4.69, 9.17) is 12.2 Å². The summed E-state index contributed by atoms with van der Waals surface area (Å²) in [7, 11) is 0. The largest absolute Gasteiger partial charge is 0.507 e. The first-order valence-corrected chi connectivity index (χ1v) is 7.51. The molecule has 2 saturated carbocycles. The summed E-state index contributed by atoms with van der Waals surface area (Å²) in [6, 6.07) is 7.57. The second kappa shape index (κ2) is 5.79. The van der Waals surface area contributed by atoms with Gasteiger partial charge in [-0.05, 0) is 55.4 Å². The molecule has 1 aromatic carbocycles. The van der Waals surface area contributed by atoms with Crippen LogP contribution < -0.4 is 10.7 Å². The molecule has 0 radical (unpaired) electrons. The maximum atomic E-state index is 9.61. The molecule has 3 atom stereocenters. The van der Waals surface area contributed by atoms with Crippen molar-refractivity contribution in [2.75, 3.05) is 0 Å². The van der Waals surface area contributed by atoms with Gasteiger partial charge in [0.15, 0.2) is 5.11 Å². The van der Waals surface area contributed by atoms with E-state index >= 15 is 0 Å². The van der Waals surface area contributed by atoms with E-state index in [9.17, 15) is 5.11 Å². The smallest absolute Gasteiger partial charge is 0.187 e. The van der Waals surface area contributed by atoms with Crippen LogP contribution in [0, 0.1) is 11.8 Å². The summed E-state index contributed by atoms with van der Waals surface area (Å²) in [6.45, 7) is 0. The molecule has 5 heteroatoms. The third-order valence-electron chi connectivity index (χ3n) is 4.36. The van der Waals surface area contributed by atoms with Crippen molar-refractivity contribution in [1.29, 1.82) is 0 Å². The molecule has 1 aromatic rings. The van der Waals surface area contributed by atoms with Gasteiger partial charge in [0.25, 0.3) is 0 Å². The van der Waals surface area contributed by atoms with Gasteiger partial charge in [-0.1, -0.05) is 18.6 Å². The number of hydrogen-bond donors (Lipinski definition) is 3. The molecule has 3 N–H and O–H groups in total. The number of phenolic OH excluding ortho intramolecular Hbond substituents is 1. The zero-order chi connectivity index (χ0) is 13.9. The molecule has 106 valence electrons. The predicted molar refractivity (Wildman–Crippen MR) is 83.8 cm³/mol. The molecule has 0 heterocycles. The third kappa shape index (κ3) is 2.93. The highest BCUT2D eigenvalue weighted by Crippen LogP contribution is 2.44. The van der Waals surface area contributed by atoms with Gasteiger partial charge >= 0.3 is 0 Å². The van der Waals surface area contributed by atoms with Gasteiger partial charge in [0.05, 0.1) is 6.21 Å². The van der Waals surface area contributed by atoms with Crippen molar-refractivity contribution < 1.29 is 5.11 Å². The van der Waals surface area contributed by atoms with Gasteiger partial charge < -0.3 is 10.4 Å². The summed E-state index contributed by atoms with van der Waals surface area (Å²) in [4.78, 5) is 0. The maximum Gasteiger partial charge on any atom is 0.187 e. The molecular formula is C15H19N3OS. The highest BCUT2D eigenvalue weighted by Gasteiger charge is 2.39. The molecule has 0 spiro atoms. The number of aromatic hydroxyl groups is 1. The molecule has 2 bridgehead atoms. The van der Waals surface area contributed by atoms with E-state index < -0.39 is 0 Å². The van der Waals surface area contributed by atoms with Gasteiger partial charge in [0, 0.05) is 11.6 Å². The van der Waals surface area contributed by atoms with Crippen LogP contribution in [0.3, 0.4) is 0 Å². The molecular weight excluding hydrogens is 270 g/mol. The van der Waals surface area contributed by atoms with Crippen molar-refractivity contribution in [3.63, 3.8) is 0 Å². The second-order valence-electron chi connectivity index (χ2n) is 5.68. The molecule has 0 aliphatic heterocycles. The van der Waals surface area contributed by atoms with Gasteiger partial charge in [-0.2, -0.15) is 5.10 Å². The molecule has 2 aliphatic rings. The normalized spacial score (nSPS) is 27.9. The first-order chi connectivity index (χ1) is 9.72. The van der Waals surface area contributed by atoms with Gasteiger partial charge in [-0.3, -0.25) is 5.43 Å². The Morgan fingerprint density at radius 2 is 2.15 bits per heavy atom. The van der Waals surface area contributed by atoms with Crippen LogP contribution in [0.25, 0.3) is 0 Å². The van der Waals surface area contributed by atoms with E-state index in [1.54, 1.807) is 24.4 Å². The van der Waals surface area contributed by atoms with E-state index in [1.807, 2.05) is 6.07 Å². The van der Waals surface area contributed by atoms with Gasteiger partial charge in [-0.15, -0.1) is 0 Å². The topological polar surface area (TPSA) is 56.7 Å². The Labute approximate surface area is 124 Å². The van der Waals surface area contributed by atoms with Crippen molar-refractivity contribution in [1.82, 2.24) is 10.7 Å². The van der Waals surface area contributed by atoms with Crippen LogP contribution in [0.5, 0.6) is 5.75 Å². The zero-order valence-corrected chi connectivity index (χ0v) is 12.1. The summed E-state index contributed by atoms with van der Waals surface area (Å²) in [5, 5.41) is 17.6. The lowest BCUT2D eigenvalue weighted by Gasteiger charge is -2.23. The van der Waals surface area contributed by atoms with Gasteiger partial charge in [-0.25, -0.2) is 0 Å². The Balaban J connectivity index is 1.49. The third-order valence-corrected chi connectivity index (χ3v) is 4.57. The molecule has 4 nitrogen and oxygen atoms in total. The fourth-order valence-electron chi connectivity index (χ4n) is 3.38. The molecule has 20 heavy (non-hydrogen) atoms. The Morgan fingerprint density at radius 3 is 2.85 bits per heavy atom. The number of thiocarbonyl (C=S) groups is 1. The fraction of sp³-hybridized carbons (Fsp3) is 0.467. The fourth-order valence-corrected chi connectivity index (χ4v) is 3.58. The summed E-state index contributed by atoms with van der Waals surface area (Å²) in [6.07, 6.45) is 6.86. The van der Waals surface area contributed by atoms with Crippen LogP contribution in [-0.4, -0.2) is 22.5 Å². The van der Waals surface area contributed by atoms with E-state index in [2.05, 4.69) is 15.8 Å². The van der Waals surface area contributed by atoms with Crippen LogP contribution in [0.15, 0.2) is 29.4 Å². The molecule has 0 saturated heterocycles. The van der Waals surface area contributed by atoms with Crippen molar-refractivity contribution in [3.8, 4) is 5.75 Å². The molecule has 0 amide bonds. The zero-order valence-electron chi connectivity index (χ0n) is 11.2. The summed E-state index contributed by atoms with van der Waals surface area (Å²) >= 11 is 5.26. The summed E-state index contributed by atoms with van der Waals surface area (Å²) in [5.74, 6) is 1.89. The number of hydrogen-bond acceptors (Lipinski definition) is 3. The van der Waals surface area contributed by atoms with Gasteiger partial charge in [0.2, 0.25) is 0 Å². The van der Waals surface area contributed by atoms with Crippen molar-refractivity contribution in [2.45, 2.75) is 31.7 Å². The maximum absolute atomic E-state index is 9.61. The SMILES string of the molecule is Oc1ccccc1/C=N\NC(=S)NC1CC2CCC1C2. The average molecular weight is 289 g/mol. The average Bonchev–Trinajstić information content (AvgIpc) is 3.03. The quantitative estimate of drug-likeness (QED) is 0.454. The van der Waals surface area contributed by atoms with E-state index in [0.29, 0.717) is 16.7 Å². The van der Waals surface area contributed by atoms with Gasteiger partial charge in [0.1, 0.15) is 5.75 Å². The number of benzene rings is 1. The minimum Gasteiger partial charge on any atom is -0.507 e. The number of nitrogens with one attached hydrogen (secondary N) is 2. The Kier molecular flexibility index (Phi) is 3.87. The Bertz CT molecular complexity index is 532. The predicted octanol–water partition coefficient (Wildman–Crippen LogP) is 2.38. The van der Waals surface area contributed by atoms with Crippen LogP contribution >= 0.6 is 12.2 Å². The standard InChI is InChI=1S/C15H19N3OS/c19-14-4-2-1-3-12(14)9-16-18-15(20)17-13-8-10-5-6-11(13)7-10/h1-4,9-11,13,19H,5-8H2,(H2,17,18,20)/b16-9-. The number of phenols is 1. The summed E-state index contributed by atoms with van der Waals surface area (Å²) in [5.41, 5.74) is 3.49. The van der Waals surface area contributed by atoms with Crippen LogP contribution in [0.4, 0.5) is 0 Å². The van der Waals surface area contributed by atoms with Crippen LogP contribution in [0.2, 0.25) is 0 Å². The minimum atomic E-state index is 0.213. The van der Waals surface area contributed by atoms with Crippen LogP contribution in [-0.2, 0) is 0 Å². The first-order valence-electron chi connectivity index (χ1n) is 7.10. The second-order valence-corrected chi connectivity index (χ2v) is 6.09. The van der Waals surface area contributed by atoms with E-state index in [0.717, 1.165) is 11.8 Å². The number of nitrogens with zero attached hydrogens (tertiary/aromatic N) is 1. The monoisotopic (exact) mass is 289 g/mol. The minimum absolute atomic E-state index is 0.213. The lowest BCUT2D eigenvalue weighted by Crippen LogP contribution is -2.42. The highest BCUT2D eigenvalue weighted by atomic mass is 32.1. The van der Waals surface area contributed by atoms with Crippen molar-refractivity contribution >= 4 is 23.5 Å². The summed E-state index contributed by atoms with van der Waals surface area (Å²) < 4.78 is 0. The molecule has 3 unspecified atom stereocenters. The van der Waals surface area contributed by atoms with Crippen molar-refractivity contribution in [2.24, 2.45) is 16.9 Å². The molecule has 2 aliphatic carbocycles. The lowest BCUT2D eigenvalue weighted by molar-refractivity contribution is 0.389. The number of hydrazone groups is 1. The van der Waals surface area contributed by atoms with E-state index in [1.165, 1.54) is 25.7 Å². The molecule has 2 fully saturated rings. The van der Waals surface area contributed by atoms with Crippen molar-refractivity contribution in [3.05, 3.63) is 29.8 Å². The number of fused-ring (bicyclic) bond motifs is 2. The number of para-hydroxylation sites is 1. The van der Waals surface area contributed by atoms with E-state index in [-0.39, 0.29) is 5.75 Å². The number of rotatable bonds is 3. The van der Waals surface area contributed by atoms with Crippen LogP contribution in [0.1, 0.15) is 31.2 Å². The lowest BCUT2D eigenvalue weighted by atomic mass is 9.96.